The highest BCUT2D eigenvalue weighted by Gasteiger charge is 2.10. The van der Waals surface area contributed by atoms with Crippen LogP contribution in [-0.2, 0) is 0 Å². The van der Waals surface area contributed by atoms with Crippen LogP contribution in [0.4, 0.5) is 5.95 Å². The van der Waals surface area contributed by atoms with Crippen molar-refractivity contribution in [1.29, 1.82) is 0 Å². The minimum absolute atomic E-state index is 0.251. The molecule has 0 bridgehead atoms. The zero-order valence-electron chi connectivity index (χ0n) is 8.37. The number of hydrogen-bond donors (Lipinski definition) is 2. The van der Waals surface area contributed by atoms with Crippen molar-refractivity contribution in [3.8, 4) is 0 Å². The van der Waals surface area contributed by atoms with E-state index in [2.05, 4.69) is 29.1 Å². The van der Waals surface area contributed by atoms with Gasteiger partial charge in [0.2, 0.25) is 5.95 Å². The maximum Gasteiger partial charge on any atom is 0.222 e. The summed E-state index contributed by atoms with van der Waals surface area (Å²) in [7, 11) is 0. The van der Waals surface area contributed by atoms with Crippen molar-refractivity contribution < 1.29 is 0 Å². The number of halogens is 1. The van der Waals surface area contributed by atoms with Crippen LogP contribution in [0.5, 0.6) is 0 Å². The van der Waals surface area contributed by atoms with E-state index in [0.29, 0.717) is 23.4 Å². The number of aromatic nitrogens is 2. The molecular weight excluding hydrogens is 200 g/mol. The number of nitrogens with one attached hydrogen (secondary N) is 1. The quantitative estimate of drug-likeness (QED) is 0.798. The number of anilines is 1. The summed E-state index contributed by atoms with van der Waals surface area (Å²) < 4.78 is 0. The molecule has 2 atom stereocenters. The predicted octanol–water partition coefficient (Wildman–Crippen LogP) is 1.53. The molecule has 0 saturated carbocycles. The molecule has 3 N–H and O–H groups in total. The van der Waals surface area contributed by atoms with Crippen molar-refractivity contribution in [2.45, 2.75) is 19.9 Å². The van der Waals surface area contributed by atoms with Gasteiger partial charge in [-0.3, -0.25) is 0 Å². The summed E-state index contributed by atoms with van der Waals surface area (Å²) in [6.07, 6.45) is 3.13. The Bertz CT molecular complexity index is 275. The average Bonchev–Trinajstić information content (AvgIpc) is 2.20. The molecule has 0 aliphatic carbocycles. The third kappa shape index (κ3) is 3.12. The number of rotatable bonds is 4. The zero-order chi connectivity index (χ0) is 10.6. The van der Waals surface area contributed by atoms with E-state index >= 15 is 0 Å². The van der Waals surface area contributed by atoms with Gasteiger partial charge in [-0.2, -0.15) is 0 Å². The molecule has 0 spiro atoms. The largest absolute Gasteiger partial charge is 0.351 e. The molecule has 0 radical (unpaired) electrons. The summed E-state index contributed by atoms with van der Waals surface area (Å²) in [6, 6.07) is 0.251. The second kappa shape index (κ2) is 5.12. The Morgan fingerprint density at radius 1 is 1.43 bits per heavy atom. The Kier molecular flexibility index (Phi) is 4.10. The summed E-state index contributed by atoms with van der Waals surface area (Å²) in [6.45, 7) is 4.77. The van der Waals surface area contributed by atoms with Crippen LogP contribution >= 0.6 is 11.6 Å². The van der Waals surface area contributed by atoms with Gasteiger partial charge >= 0.3 is 0 Å². The molecule has 78 valence electrons. The molecule has 0 saturated heterocycles. The van der Waals surface area contributed by atoms with Crippen molar-refractivity contribution in [2.75, 3.05) is 11.9 Å². The highest BCUT2D eigenvalue weighted by Crippen LogP contribution is 2.09. The molecule has 0 amide bonds. The van der Waals surface area contributed by atoms with Crippen molar-refractivity contribution in [1.82, 2.24) is 9.97 Å². The van der Waals surface area contributed by atoms with Crippen LogP contribution in [0.25, 0.3) is 0 Å². The first-order valence-electron chi connectivity index (χ1n) is 4.57. The fraction of sp³-hybridized carbons (Fsp3) is 0.556. The molecular formula is C9H15ClN4. The summed E-state index contributed by atoms with van der Waals surface area (Å²) >= 11 is 5.67. The first-order valence-corrected chi connectivity index (χ1v) is 4.95. The summed E-state index contributed by atoms with van der Waals surface area (Å²) in [5.41, 5.74) is 5.55. The van der Waals surface area contributed by atoms with E-state index in [1.165, 1.54) is 0 Å². The lowest BCUT2D eigenvalue weighted by atomic mass is 10.0. The lowest BCUT2D eigenvalue weighted by Gasteiger charge is -2.19. The van der Waals surface area contributed by atoms with Gasteiger partial charge in [-0.05, 0) is 19.4 Å². The normalized spacial score (nSPS) is 14.9. The van der Waals surface area contributed by atoms with Crippen LogP contribution < -0.4 is 11.1 Å². The number of nitrogens with two attached hydrogens (primary N) is 1. The highest BCUT2D eigenvalue weighted by molar-refractivity contribution is 6.30. The Morgan fingerprint density at radius 3 is 2.50 bits per heavy atom. The predicted molar refractivity (Wildman–Crippen MR) is 58.3 cm³/mol. The average molecular weight is 215 g/mol. The monoisotopic (exact) mass is 214 g/mol. The van der Waals surface area contributed by atoms with E-state index in [1.54, 1.807) is 12.4 Å². The van der Waals surface area contributed by atoms with E-state index in [4.69, 9.17) is 17.3 Å². The van der Waals surface area contributed by atoms with Gasteiger partial charge in [0.15, 0.2) is 0 Å². The maximum absolute atomic E-state index is 5.67. The summed E-state index contributed by atoms with van der Waals surface area (Å²) in [5.74, 6) is 0.969. The Labute approximate surface area is 88.9 Å². The smallest absolute Gasteiger partial charge is 0.222 e. The third-order valence-electron chi connectivity index (χ3n) is 2.20. The van der Waals surface area contributed by atoms with Crippen LogP contribution in [0.3, 0.4) is 0 Å². The van der Waals surface area contributed by atoms with Crippen LogP contribution in [0.15, 0.2) is 12.4 Å². The number of nitrogens with zero attached hydrogens (tertiary/aromatic N) is 2. The van der Waals surface area contributed by atoms with Gasteiger partial charge in [0, 0.05) is 6.04 Å². The van der Waals surface area contributed by atoms with Gasteiger partial charge in [0.1, 0.15) is 0 Å². The molecule has 1 aromatic heterocycles. The Morgan fingerprint density at radius 2 is 2.00 bits per heavy atom. The topological polar surface area (TPSA) is 63.8 Å². The van der Waals surface area contributed by atoms with Crippen molar-refractivity contribution in [3.05, 3.63) is 17.4 Å². The van der Waals surface area contributed by atoms with Crippen LogP contribution in [-0.4, -0.2) is 22.6 Å². The minimum atomic E-state index is 0.251. The van der Waals surface area contributed by atoms with Gasteiger partial charge in [0.05, 0.1) is 17.4 Å². The SMILES string of the molecule is CC(CN)C(C)Nc1ncc(Cl)cn1. The lowest BCUT2D eigenvalue weighted by Crippen LogP contribution is -2.30. The molecule has 14 heavy (non-hydrogen) atoms. The van der Waals surface area contributed by atoms with E-state index in [9.17, 15) is 0 Å². The second-order valence-corrected chi connectivity index (χ2v) is 3.81. The van der Waals surface area contributed by atoms with E-state index in [1.807, 2.05) is 0 Å². The van der Waals surface area contributed by atoms with E-state index in [-0.39, 0.29) is 6.04 Å². The third-order valence-corrected chi connectivity index (χ3v) is 2.40. The Balaban J connectivity index is 2.56. The first kappa shape index (κ1) is 11.2. The fourth-order valence-electron chi connectivity index (χ4n) is 0.937. The Hall–Kier alpha value is -0.870. The van der Waals surface area contributed by atoms with Gasteiger partial charge in [0.25, 0.3) is 0 Å². The van der Waals surface area contributed by atoms with Crippen molar-refractivity contribution in [3.63, 3.8) is 0 Å². The molecule has 1 aromatic rings. The van der Waals surface area contributed by atoms with Crippen LogP contribution in [0.2, 0.25) is 5.02 Å². The van der Waals surface area contributed by atoms with Gasteiger partial charge in [-0.25, -0.2) is 9.97 Å². The molecule has 0 aromatic carbocycles. The summed E-state index contributed by atoms with van der Waals surface area (Å²) in [4.78, 5) is 8.08. The van der Waals surface area contributed by atoms with E-state index in [0.717, 1.165) is 0 Å². The molecule has 5 heteroatoms. The molecule has 0 aliphatic heterocycles. The summed E-state index contributed by atoms with van der Waals surface area (Å²) in [5, 5.41) is 3.70. The second-order valence-electron chi connectivity index (χ2n) is 3.37. The van der Waals surface area contributed by atoms with Gasteiger partial charge in [-0.1, -0.05) is 18.5 Å². The molecule has 4 nitrogen and oxygen atoms in total. The molecule has 2 unspecified atom stereocenters. The lowest BCUT2D eigenvalue weighted by molar-refractivity contribution is 0.518. The molecule has 0 aliphatic rings. The van der Waals surface area contributed by atoms with Crippen LogP contribution in [0.1, 0.15) is 13.8 Å². The zero-order valence-corrected chi connectivity index (χ0v) is 9.12. The standard InChI is InChI=1S/C9H15ClN4/c1-6(3-11)7(2)14-9-12-4-8(10)5-13-9/h4-7H,3,11H2,1-2H3,(H,12,13,14). The first-order chi connectivity index (χ1) is 6.63. The van der Waals surface area contributed by atoms with Crippen molar-refractivity contribution >= 4 is 17.5 Å². The molecule has 1 heterocycles. The van der Waals surface area contributed by atoms with Gasteiger partial charge < -0.3 is 11.1 Å². The fourth-order valence-corrected chi connectivity index (χ4v) is 1.03. The molecule has 0 fully saturated rings. The highest BCUT2D eigenvalue weighted by atomic mass is 35.5. The van der Waals surface area contributed by atoms with E-state index < -0.39 is 0 Å². The number of hydrogen-bond acceptors (Lipinski definition) is 4. The maximum atomic E-state index is 5.67. The minimum Gasteiger partial charge on any atom is -0.351 e. The van der Waals surface area contributed by atoms with Gasteiger partial charge in [-0.15, -0.1) is 0 Å². The molecule has 1 rings (SSSR count). The van der Waals surface area contributed by atoms with Crippen molar-refractivity contribution in [2.24, 2.45) is 11.7 Å². The van der Waals surface area contributed by atoms with Crippen LogP contribution in [0, 0.1) is 5.92 Å².